The van der Waals surface area contributed by atoms with Crippen molar-refractivity contribution >= 4 is 32.6 Å². The van der Waals surface area contributed by atoms with Crippen LogP contribution in [0.25, 0.3) is 21.8 Å². The van der Waals surface area contributed by atoms with Gasteiger partial charge in [-0.05, 0) is 24.3 Å². The molecule has 2 heterocycles. The highest BCUT2D eigenvalue weighted by molar-refractivity contribution is 7.85. The largest absolute Gasteiger partial charge is 0.246 e. The van der Waals surface area contributed by atoms with Gasteiger partial charge in [0.25, 0.3) is 0 Å². The zero-order valence-electron chi connectivity index (χ0n) is 11.6. The SMILES string of the molecule is O=S(c1ccc2ccccc2n1)c1ccc2ccccc2n1. The van der Waals surface area contributed by atoms with Crippen LogP contribution in [-0.2, 0) is 10.8 Å². The number of fused-ring (bicyclic) bond motifs is 2. The summed E-state index contributed by atoms with van der Waals surface area (Å²) in [7, 11) is -1.38. The van der Waals surface area contributed by atoms with Crippen molar-refractivity contribution in [1.29, 1.82) is 0 Å². The molecule has 0 saturated heterocycles. The molecule has 4 heteroatoms. The molecule has 22 heavy (non-hydrogen) atoms. The molecule has 2 aromatic heterocycles. The van der Waals surface area contributed by atoms with Crippen molar-refractivity contribution in [2.75, 3.05) is 0 Å². The minimum atomic E-state index is -1.38. The van der Waals surface area contributed by atoms with Gasteiger partial charge in [-0.25, -0.2) is 14.2 Å². The number of nitrogens with zero attached hydrogens (tertiary/aromatic N) is 2. The van der Waals surface area contributed by atoms with Crippen molar-refractivity contribution in [1.82, 2.24) is 9.97 Å². The van der Waals surface area contributed by atoms with E-state index in [0.717, 1.165) is 21.8 Å². The van der Waals surface area contributed by atoms with Crippen LogP contribution in [0.5, 0.6) is 0 Å². The van der Waals surface area contributed by atoms with E-state index in [-0.39, 0.29) is 0 Å². The van der Waals surface area contributed by atoms with E-state index in [1.165, 1.54) is 0 Å². The monoisotopic (exact) mass is 304 g/mol. The van der Waals surface area contributed by atoms with E-state index in [0.29, 0.717) is 10.1 Å². The smallest absolute Gasteiger partial charge is 0.134 e. The van der Waals surface area contributed by atoms with E-state index in [4.69, 9.17) is 0 Å². The van der Waals surface area contributed by atoms with Crippen molar-refractivity contribution in [3.8, 4) is 0 Å². The van der Waals surface area contributed by atoms with Crippen LogP contribution < -0.4 is 0 Å². The van der Waals surface area contributed by atoms with Crippen LogP contribution in [0.3, 0.4) is 0 Å². The van der Waals surface area contributed by atoms with Crippen LogP contribution in [0.4, 0.5) is 0 Å². The number of pyridine rings is 2. The summed E-state index contributed by atoms with van der Waals surface area (Å²) in [5, 5.41) is 3.13. The van der Waals surface area contributed by atoms with E-state index >= 15 is 0 Å². The van der Waals surface area contributed by atoms with Crippen LogP contribution in [-0.4, -0.2) is 14.2 Å². The Hall–Kier alpha value is -2.59. The second-order valence-electron chi connectivity index (χ2n) is 4.95. The molecule has 0 unspecified atom stereocenters. The summed E-state index contributed by atoms with van der Waals surface area (Å²) in [4.78, 5) is 8.98. The molecule has 0 aliphatic heterocycles. The van der Waals surface area contributed by atoms with Gasteiger partial charge in [0.15, 0.2) is 0 Å². The first-order valence-electron chi connectivity index (χ1n) is 6.95. The van der Waals surface area contributed by atoms with Gasteiger partial charge in [-0.1, -0.05) is 48.5 Å². The summed E-state index contributed by atoms with van der Waals surface area (Å²) in [6, 6.07) is 23.1. The summed E-state index contributed by atoms with van der Waals surface area (Å²) in [5.41, 5.74) is 1.68. The maximum atomic E-state index is 12.7. The average Bonchev–Trinajstić information content (AvgIpc) is 2.60. The summed E-state index contributed by atoms with van der Waals surface area (Å²) in [5.74, 6) is 0. The standard InChI is InChI=1S/C18H12N2OS/c21-22(17-11-9-13-5-1-3-7-15(13)19-17)18-12-10-14-6-2-4-8-16(14)20-18/h1-12H. The molecule has 106 valence electrons. The lowest BCUT2D eigenvalue weighted by molar-refractivity contribution is 0.678. The first-order valence-corrected chi connectivity index (χ1v) is 8.10. The normalized spacial score (nSPS) is 11.3. The lowest BCUT2D eigenvalue weighted by Gasteiger charge is -2.04. The maximum absolute atomic E-state index is 12.7. The van der Waals surface area contributed by atoms with Gasteiger partial charge in [0.1, 0.15) is 20.9 Å². The zero-order chi connectivity index (χ0) is 14.9. The van der Waals surface area contributed by atoms with Gasteiger partial charge in [0, 0.05) is 10.8 Å². The fraction of sp³-hybridized carbons (Fsp3) is 0. The molecule has 4 rings (SSSR count). The highest BCUT2D eigenvalue weighted by Gasteiger charge is 2.11. The molecule has 2 aromatic carbocycles. The maximum Gasteiger partial charge on any atom is 0.134 e. The quantitative estimate of drug-likeness (QED) is 0.563. The second kappa shape index (κ2) is 5.31. The van der Waals surface area contributed by atoms with E-state index < -0.39 is 10.8 Å². The molecule has 0 radical (unpaired) electrons. The molecule has 0 N–H and O–H groups in total. The van der Waals surface area contributed by atoms with Crippen molar-refractivity contribution in [3.63, 3.8) is 0 Å². The van der Waals surface area contributed by atoms with Crippen LogP contribution in [0.2, 0.25) is 0 Å². The van der Waals surface area contributed by atoms with Crippen molar-refractivity contribution in [3.05, 3.63) is 72.8 Å². The Bertz CT molecular complexity index is 932. The fourth-order valence-corrected chi connectivity index (χ4v) is 3.37. The average molecular weight is 304 g/mol. The Morgan fingerprint density at radius 3 is 1.55 bits per heavy atom. The van der Waals surface area contributed by atoms with Crippen LogP contribution in [0, 0.1) is 0 Å². The number of hydrogen-bond donors (Lipinski definition) is 0. The summed E-state index contributed by atoms with van der Waals surface area (Å²) < 4.78 is 12.7. The number of benzene rings is 2. The van der Waals surface area contributed by atoms with Crippen LogP contribution >= 0.6 is 0 Å². The molecule has 4 aromatic rings. The first kappa shape index (κ1) is 13.1. The number of para-hydroxylation sites is 2. The van der Waals surface area contributed by atoms with Gasteiger partial charge in [-0.2, -0.15) is 0 Å². The molecule has 0 saturated carbocycles. The van der Waals surface area contributed by atoms with E-state index in [1.54, 1.807) is 12.1 Å². The summed E-state index contributed by atoms with van der Waals surface area (Å²) in [6.07, 6.45) is 0. The number of aromatic nitrogens is 2. The van der Waals surface area contributed by atoms with Gasteiger partial charge < -0.3 is 0 Å². The zero-order valence-corrected chi connectivity index (χ0v) is 12.5. The van der Waals surface area contributed by atoms with Crippen LogP contribution in [0.15, 0.2) is 82.8 Å². The number of hydrogen-bond acceptors (Lipinski definition) is 3. The third kappa shape index (κ3) is 2.27. The van der Waals surface area contributed by atoms with Crippen molar-refractivity contribution < 1.29 is 4.21 Å². The first-order chi connectivity index (χ1) is 10.8. The van der Waals surface area contributed by atoms with E-state index in [2.05, 4.69) is 9.97 Å². The highest BCUT2D eigenvalue weighted by Crippen LogP contribution is 2.19. The van der Waals surface area contributed by atoms with Gasteiger partial charge in [-0.3, -0.25) is 0 Å². The van der Waals surface area contributed by atoms with E-state index in [9.17, 15) is 4.21 Å². The van der Waals surface area contributed by atoms with Gasteiger partial charge in [-0.15, -0.1) is 0 Å². The Balaban J connectivity index is 1.80. The summed E-state index contributed by atoms with van der Waals surface area (Å²) in [6.45, 7) is 0. The molecular formula is C18H12N2OS. The van der Waals surface area contributed by atoms with Crippen LogP contribution in [0.1, 0.15) is 0 Å². The third-order valence-corrected chi connectivity index (χ3v) is 4.74. The predicted molar refractivity (Wildman–Crippen MR) is 88.2 cm³/mol. The minimum absolute atomic E-state index is 0.529. The Morgan fingerprint density at radius 1 is 0.591 bits per heavy atom. The van der Waals surface area contributed by atoms with Gasteiger partial charge in [0.05, 0.1) is 11.0 Å². The Labute approximate surface area is 130 Å². The number of rotatable bonds is 2. The van der Waals surface area contributed by atoms with Crippen molar-refractivity contribution in [2.45, 2.75) is 10.1 Å². The third-order valence-electron chi connectivity index (χ3n) is 3.53. The molecule has 0 spiro atoms. The Morgan fingerprint density at radius 2 is 1.05 bits per heavy atom. The van der Waals surface area contributed by atoms with E-state index in [1.807, 2.05) is 60.7 Å². The Kier molecular flexibility index (Phi) is 3.16. The molecule has 0 amide bonds. The molecule has 3 nitrogen and oxygen atoms in total. The second-order valence-corrected chi connectivity index (χ2v) is 6.33. The van der Waals surface area contributed by atoms with Gasteiger partial charge in [0.2, 0.25) is 0 Å². The molecular weight excluding hydrogens is 292 g/mol. The highest BCUT2D eigenvalue weighted by atomic mass is 32.2. The fourth-order valence-electron chi connectivity index (χ4n) is 2.41. The molecule has 0 fully saturated rings. The topological polar surface area (TPSA) is 42.9 Å². The lowest BCUT2D eigenvalue weighted by atomic mass is 10.2. The predicted octanol–water partition coefficient (Wildman–Crippen LogP) is 3.95. The molecule has 0 atom stereocenters. The van der Waals surface area contributed by atoms with Gasteiger partial charge >= 0.3 is 0 Å². The molecule has 0 aliphatic rings. The van der Waals surface area contributed by atoms with Crippen molar-refractivity contribution in [2.24, 2.45) is 0 Å². The molecule has 0 aliphatic carbocycles. The molecule has 0 bridgehead atoms. The summed E-state index contributed by atoms with van der Waals surface area (Å²) >= 11 is 0. The lowest BCUT2D eigenvalue weighted by Crippen LogP contribution is -1.99. The minimum Gasteiger partial charge on any atom is -0.246 e.